The number of hydrogen-bond donors (Lipinski definition) is 2. The summed E-state index contributed by atoms with van der Waals surface area (Å²) in [6.07, 6.45) is 1.10. The van der Waals surface area contributed by atoms with Gasteiger partial charge in [0, 0.05) is 6.42 Å². The Kier molecular flexibility index (Phi) is 3.62. The number of para-hydroxylation sites is 2. The molecule has 1 aromatic heterocycles. The van der Waals surface area contributed by atoms with Gasteiger partial charge in [-0.2, -0.15) is 0 Å². The van der Waals surface area contributed by atoms with Crippen molar-refractivity contribution >= 4 is 17.0 Å². The molecule has 18 heavy (non-hydrogen) atoms. The second-order valence-electron chi connectivity index (χ2n) is 4.19. The highest BCUT2D eigenvalue weighted by Crippen LogP contribution is 2.23. The largest absolute Gasteiger partial charge is 0.480 e. The summed E-state index contributed by atoms with van der Waals surface area (Å²) in [4.78, 5) is 15.8. The van der Waals surface area contributed by atoms with Crippen molar-refractivity contribution in [2.24, 2.45) is 5.73 Å². The number of benzene rings is 1. The van der Waals surface area contributed by atoms with Crippen LogP contribution in [0.5, 0.6) is 0 Å². The minimum atomic E-state index is -0.834. The molecule has 0 radical (unpaired) electrons. The molecule has 2 aromatic rings. The van der Waals surface area contributed by atoms with Crippen molar-refractivity contribution in [2.45, 2.75) is 25.8 Å². The van der Waals surface area contributed by atoms with E-state index in [0.717, 1.165) is 16.9 Å². The molecule has 0 aliphatic heterocycles. The number of carboxylic acids is 1. The zero-order chi connectivity index (χ0) is 13.1. The Labute approximate surface area is 105 Å². The number of carbonyl (C=O) groups is 1. The average molecular weight is 247 g/mol. The third-order valence-corrected chi connectivity index (χ3v) is 3.02. The van der Waals surface area contributed by atoms with Crippen LogP contribution in [0.25, 0.3) is 11.0 Å². The van der Waals surface area contributed by atoms with Crippen LogP contribution in [-0.4, -0.2) is 27.2 Å². The molecule has 0 bridgehead atoms. The van der Waals surface area contributed by atoms with Crippen molar-refractivity contribution in [3.8, 4) is 0 Å². The number of rotatable bonds is 5. The quantitative estimate of drug-likeness (QED) is 0.840. The van der Waals surface area contributed by atoms with Crippen LogP contribution in [0, 0.1) is 0 Å². The lowest BCUT2D eigenvalue weighted by Crippen LogP contribution is -2.21. The maximum atomic E-state index is 11.3. The van der Waals surface area contributed by atoms with E-state index >= 15 is 0 Å². The number of aliphatic carboxylic acids is 1. The summed E-state index contributed by atoms with van der Waals surface area (Å²) in [6, 6.07) is 6.99. The third-order valence-electron chi connectivity index (χ3n) is 3.02. The van der Waals surface area contributed by atoms with Crippen molar-refractivity contribution in [3.05, 3.63) is 30.1 Å². The summed E-state index contributed by atoms with van der Waals surface area (Å²) in [7, 11) is 0. The van der Waals surface area contributed by atoms with Crippen LogP contribution in [-0.2, 0) is 11.2 Å². The number of carboxylic acid groups (broad SMARTS) is 1. The van der Waals surface area contributed by atoms with Gasteiger partial charge in [-0.05, 0) is 25.1 Å². The van der Waals surface area contributed by atoms with E-state index in [-0.39, 0.29) is 0 Å². The first-order valence-corrected chi connectivity index (χ1v) is 6.07. The Morgan fingerprint density at radius 3 is 2.83 bits per heavy atom. The van der Waals surface area contributed by atoms with E-state index in [1.54, 1.807) is 4.57 Å². The lowest BCUT2D eigenvalue weighted by molar-refractivity contribution is -0.140. The Balaban J connectivity index is 2.63. The number of nitrogens with two attached hydrogens (primary N) is 1. The summed E-state index contributed by atoms with van der Waals surface area (Å²) < 4.78 is 1.80. The smallest absolute Gasteiger partial charge is 0.326 e. The molecule has 5 nitrogen and oxygen atoms in total. The molecule has 96 valence electrons. The summed E-state index contributed by atoms with van der Waals surface area (Å²) in [5.74, 6) is -0.0909. The van der Waals surface area contributed by atoms with Crippen LogP contribution in [0.3, 0.4) is 0 Å². The monoisotopic (exact) mass is 247 g/mol. The summed E-state index contributed by atoms with van der Waals surface area (Å²) in [6.45, 7) is 2.32. The second kappa shape index (κ2) is 5.18. The SMILES string of the molecule is CCC(C(=O)O)n1c(CCN)nc2ccccc21. The average Bonchev–Trinajstić information content (AvgIpc) is 2.69. The Morgan fingerprint density at radius 2 is 2.22 bits per heavy atom. The molecule has 0 saturated carbocycles. The van der Waals surface area contributed by atoms with E-state index in [2.05, 4.69) is 4.98 Å². The highest BCUT2D eigenvalue weighted by atomic mass is 16.4. The first-order chi connectivity index (χ1) is 8.69. The molecule has 1 unspecified atom stereocenters. The van der Waals surface area contributed by atoms with Gasteiger partial charge in [-0.3, -0.25) is 0 Å². The van der Waals surface area contributed by atoms with E-state index in [1.165, 1.54) is 0 Å². The third kappa shape index (κ3) is 2.09. The molecule has 1 heterocycles. The standard InChI is InChI=1S/C13H17N3O2/c1-2-10(13(17)18)16-11-6-4-3-5-9(11)15-12(16)7-8-14/h3-6,10H,2,7-8,14H2,1H3,(H,17,18). The Morgan fingerprint density at radius 1 is 1.50 bits per heavy atom. The summed E-state index contributed by atoms with van der Waals surface area (Å²) in [5, 5.41) is 9.32. The van der Waals surface area contributed by atoms with E-state index < -0.39 is 12.0 Å². The van der Waals surface area contributed by atoms with Crippen LogP contribution in [0.2, 0.25) is 0 Å². The van der Waals surface area contributed by atoms with Gasteiger partial charge in [0.15, 0.2) is 0 Å². The molecule has 2 rings (SSSR count). The van der Waals surface area contributed by atoms with Crippen molar-refractivity contribution in [1.82, 2.24) is 9.55 Å². The maximum absolute atomic E-state index is 11.3. The van der Waals surface area contributed by atoms with Crippen LogP contribution in [0.4, 0.5) is 0 Å². The molecule has 0 saturated heterocycles. The van der Waals surface area contributed by atoms with E-state index in [1.807, 2.05) is 31.2 Å². The molecule has 0 aliphatic rings. The molecule has 0 spiro atoms. The fourth-order valence-electron chi connectivity index (χ4n) is 2.22. The van der Waals surface area contributed by atoms with Crippen LogP contribution in [0.1, 0.15) is 25.2 Å². The number of hydrogen-bond acceptors (Lipinski definition) is 3. The van der Waals surface area contributed by atoms with Gasteiger partial charge in [0.25, 0.3) is 0 Å². The molecule has 0 amide bonds. The van der Waals surface area contributed by atoms with Gasteiger partial charge in [0.05, 0.1) is 11.0 Å². The van der Waals surface area contributed by atoms with Crippen molar-refractivity contribution < 1.29 is 9.90 Å². The molecule has 1 aromatic carbocycles. The van der Waals surface area contributed by atoms with Gasteiger partial charge in [-0.15, -0.1) is 0 Å². The van der Waals surface area contributed by atoms with Gasteiger partial charge >= 0.3 is 5.97 Å². The number of aromatic nitrogens is 2. The fraction of sp³-hybridized carbons (Fsp3) is 0.385. The molecule has 0 aliphatic carbocycles. The molecule has 0 fully saturated rings. The molecular formula is C13H17N3O2. The normalized spacial score (nSPS) is 12.8. The summed E-state index contributed by atoms with van der Waals surface area (Å²) in [5.41, 5.74) is 7.24. The predicted octanol–water partition coefficient (Wildman–Crippen LogP) is 1.57. The minimum Gasteiger partial charge on any atom is -0.480 e. The van der Waals surface area contributed by atoms with E-state index in [4.69, 9.17) is 5.73 Å². The highest BCUT2D eigenvalue weighted by molar-refractivity contribution is 5.80. The molecule has 3 N–H and O–H groups in total. The minimum absolute atomic E-state index is 0.458. The predicted molar refractivity (Wildman–Crippen MR) is 69.5 cm³/mol. The second-order valence-corrected chi connectivity index (χ2v) is 4.19. The zero-order valence-electron chi connectivity index (χ0n) is 10.3. The van der Waals surface area contributed by atoms with Crippen molar-refractivity contribution in [3.63, 3.8) is 0 Å². The van der Waals surface area contributed by atoms with Gasteiger partial charge in [0.1, 0.15) is 11.9 Å². The number of imidazole rings is 1. The van der Waals surface area contributed by atoms with Crippen LogP contribution < -0.4 is 5.73 Å². The van der Waals surface area contributed by atoms with Gasteiger partial charge in [0.2, 0.25) is 0 Å². The van der Waals surface area contributed by atoms with Crippen molar-refractivity contribution in [1.29, 1.82) is 0 Å². The van der Waals surface area contributed by atoms with Crippen molar-refractivity contribution in [2.75, 3.05) is 6.54 Å². The highest BCUT2D eigenvalue weighted by Gasteiger charge is 2.22. The first kappa shape index (κ1) is 12.6. The lowest BCUT2D eigenvalue weighted by atomic mass is 10.2. The van der Waals surface area contributed by atoms with Gasteiger partial charge in [-0.25, -0.2) is 9.78 Å². The Bertz CT molecular complexity index is 562. The summed E-state index contributed by atoms with van der Waals surface area (Å²) >= 11 is 0. The van der Waals surface area contributed by atoms with Crippen LogP contribution >= 0.6 is 0 Å². The van der Waals surface area contributed by atoms with E-state index in [9.17, 15) is 9.90 Å². The first-order valence-electron chi connectivity index (χ1n) is 6.07. The molecular weight excluding hydrogens is 230 g/mol. The van der Waals surface area contributed by atoms with E-state index in [0.29, 0.717) is 19.4 Å². The number of nitrogens with zero attached hydrogens (tertiary/aromatic N) is 2. The van der Waals surface area contributed by atoms with Gasteiger partial charge in [-0.1, -0.05) is 19.1 Å². The maximum Gasteiger partial charge on any atom is 0.326 e. The number of fused-ring (bicyclic) bond motifs is 1. The topological polar surface area (TPSA) is 81.1 Å². The van der Waals surface area contributed by atoms with Gasteiger partial charge < -0.3 is 15.4 Å². The van der Waals surface area contributed by atoms with Crippen LogP contribution in [0.15, 0.2) is 24.3 Å². The zero-order valence-corrected chi connectivity index (χ0v) is 10.3. The lowest BCUT2D eigenvalue weighted by Gasteiger charge is -2.16. The molecule has 1 atom stereocenters. The fourth-order valence-corrected chi connectivity index (χ4v) is 2.22. The Hall–Kier alpha value is -1.88. The molecule has 5 heteroatoms.